The predicted octanol–water partition coefficient (Wildman–Crippen LogP) is 4.03. The molecule has 1 amide bonds. The zero-order valence-electron chi connectivity index (χ0n) is 16.3. The van der Waals surface area contributed by atoms with Gasteiger partial charge in [0.15, 0.2) is 0 Å². The van der Waals surface area contributed by atoms with Gasteiger partial charge < -0.3 is 15.2 Å². The quantitative estimate of drug-likeness (QED) is 0.246. The van der Waals surface area contributed by atoms with Gasteiger partial charge in [-0.1, -0.05) is 18.2 Å². The molecule has 0 aliphatic heterocycles. The van der Waals surface area contributed by atoms with Crippen LogP contribution in [0.1, 0.15) is 15.9 Å². The molecule has 1 heterocycles. The summed E-state index contributed by atoms with van der Waals surface area (Å²) in [6.45, 7) is 0. The van der Waals surface area contributed by atoms with Gasteiger partial charge in [-0.3, -0.25) is 14.9 Å². The number of carbonyl (C=O) groups is 2. The van der Waals surface area contributed by atoms with E-state index in [1.54, 1.807) is 24.3 Å². The van der Waals surface area contributed by atoms with Gasteiger partial charge >= 0.3 is 5.97 Å². The van der Waals surface area contributed by atoms with E-state index in [1.165, 1.54) is 42.5 Å². The van der Waals surface area contributed by atoms with E-state index >= 15 is 0 Å². The maximum Gasteiger partial charge on any atom is 0.335 e. The van der Waals surface area contributed by atoms with Crippen LogP contribution in [-0.2, 0) is 4.79 Å². The summed E-state index contributed by atoms with van der Waals surface area (Å²) in [5.41, 5.74) is 0.449. The van der Waals surface area contributed by atoms with Crippen molar-refractivity contribution in [2.75, 3.05) is 5.32 Å². The fourth-order valence-electron chi connectivity index (χ4n) is 2.54. The summed E-state index contributed by atoms with van der Waals surface area (Å²) < 4.78 is 5.51. The number of ether oxygens (including phenoxy) is 1. The Labute approximate surface area is 181 Å². The van der Waals surface area contributed by atoms with E-state index in [-0.39, 0.29) is 28.4 Å². The van der Waals surface area contributed by atoms with Crippen molar-refractivity contribution in [3.05, 3.63) is 93.7 Å². The van der Waals surface area contributed by atoms with E-state index in [9.17, 15) is 25.0 Å². The van der Waals surface area contributed by atoms with Crippen LogP contribution in [0.2, 0.25) is 0 Å². The summed E-state index contributed by atoms with van der Waals surface area (Å²) in [7, 11) is 0. The van der Waals surface area contributed by atoms with Gasteiger partial charge in [-0.25, -0.2) is 9.78 Å². The maximum atomic E-state index is 12.4. The molecular formula is C22H14N4O6. The van der Waals surface area contributed by atoms with Crippen molar-refractivity contribution >= 4 is 29.3 Å². The van der Waals surface area contributed by atoms with Crippen molar-refractivity contribution in [1.29, 1.82) is 5.26 Å². The Morgan fingerprint density at radius 2 is 1.91 bits per heavy atom. The fourth-order valence-corrected chi connectivity index (χ4v) is 2.54. The zero-order chi connectivity index (χ0) is 23.1. The van der Waals surface area contributed by atoms with Gasteiger partial charge in [0.1, 0.15) is 23.6 Å². The topological polar surface area (TPSA) is 155 Å². The van der Waals surface area contributed by atoms with Crippen LogP contribution in [0, 0.1) is 21.4 Å². The van der Waals surface area contributed by atoms with Gasteiger partial charge in [0.2, 0.25) is 5.88 Å². The highest BCUT2D eigenvalue weighted by Crippen LogP contribution is 2.22. The molecule has 0 fully saturated rings. The largest absolute Gasteiger partial charge is 0.478 e. The minimum atomic E-state index is -1.14. The van der Waals surface area contributed by atoms with Gasteiger partial charge in [-0.2, -0.15) is 5.26 Å². The number of anilines is 1. The van der Waals surface area contributed by atoms with E-state index in [2.05, 4.69) is 10.3 Å². The van der Waals surface area contributed by atoms with Gasteiger partial charge in [-0.05, 0) is 42.0 Å². The number of pyridine rings is 1. The number of nitro groups is 1. The summed E-state index contributed by atoms with van der Waals surface area (Å²) in [5.74, 6) is -1.26. The van der Waals surface area contributed by atoms with Crippen LogP contribution in [0.15, 0.2) is 72.4 Å². The normalized spacial score (nSPS) is 10.7. The second kappa shape index (κ2) is 9.64. The van der Waals surface area contributed by atoms with Crippen molar-refractivity contribution in [2.24, 2.45) is 0 Å². The Morgan fingerprint density at radius 3 is 2.50 bits per heavy atom. The lowest BCUT2D eigenvalue weighted by Crippen LogP contribution is -2.13. The Morgan fingerprint density at radius 1 is 1.16 bits per heavy atom. The lowest BCUT2D eigenvalue weighted by atomic mass is 10.1. The number of carbonyl (C=O) groups excluding carboxylic acids is 1. The SMILES string of the molecule is N#C/C(=C/c1ccc(Oc2ccc([N+](=O)[O-])cn2)cc1)C(=O)Nc1cccc(C(=O)O)c1. The van der Waals surface area contributed by atoms with Gasteiger partial charge in [-0.15, -0.1) is 0 Å². The monoisotopic (exact) mass is 430 g/mol. The smallest absolute Gasteiger partial charge is 0.335 e. The molecule has 0 saturated carbocycles. The number of aromatic nitrogens is 1. The van der Waals surface area contributed by atoms with Crippen LogP contribution in [0.3, 0.4) is 0 Å². The van der Waals surface area contributed by atoms with Crippen molar-refractivity contribution in [1.82, 2.24) is 4.98 Å². The van der Waals surface area contributed by atoms with Crippen LogP contribution >= 0.6 is 0 Å². The number of hydrogen-bond acceptors (Lipinski definition) is 7. The number of carboxylic acid groups (broad SMARTS) is 1. The molecule has 3 aromatic rings. The number of benzene rings is 2. The van der Waals surface area contributed by atoms with Crippen molar-refractivity contribution in [3.8, 4) is 17.7 Å². The molecule has 0 radical (unpaired) electrons. The van der Waals surface area contributed by atoms with E-state index in [0.717, 1.165) is 6.20 Å². The summed E-state index contributed by atoms with van der Waals surface area (Å²) in [4.78, 5) is 37.4. The van der Waals surface area contributed by atoms with Gasteiger partial charge in [0.05, 0.1) is 10.5 Å². The minimum Gasteiger partial charge on any atom is -0.478 e. The number of hydrogen-bond donors (Lipinski definition) is 2. The third kappa shape index (κ3) is 5.52. The summed E-state index contributed by atoms with van der Waals surface area (Å²) in [6.07, 6.45) is 2.45. The Bertz CT molecular complexity index is 1240. The molecule has 0 aliphatic carbocycles. The Hall–Kier alpha value is -5.04. The molecule has 2 N–H and O–H groups in total. The summed E-state index contributed by atoms with van der Waals surface area (Å²) in [5, 5.41) is 31.5. The molecule has 158 valence electrons. The first kappa shape index (κ1) is 21.7. The summed E-state index contributed by atoms with van der Waals surface area (Å²) in [6, 6.07) is 16.5. The lowest BCUT2D eigenvalue weighted by Gasteiger charge is -2.06. The highest BCUT2D eigenvalue weighted by Gasteiger charge is 2.11. The first-order valence-corrected chi connectivity index (χ1v) is 9.00. The highest BCUT2D eigenvalue weighted by atomic mass is 16.6. The number of amides is 1. The average Bonchev–Trinajstić information content (AvgIpc) is 2.79. The number of rotatable bonds is 7. The zero-order valence-corrected chi connectivity index (χ0v) is 16.3. The van der Waals surface area contributed by atoms with E-state index < -0.39 is 16.8 Å². The Kier molecular flexibility index (Phi) is 6.53. The fraction of sp³-hybridized carbons (Fsp3) is 0. The Balaban J connectivity index is 1.70. The number of nitrogens with zero attached hydrogens (tertiary/aromatic N) is 3. The molecule has 32 heavy (non-hydrogen) atoms. The molecular weight excluding hydrogens is 416 g/mol. The first-order valence-electron chi connectivity index (χ1n) is 9.00. The van der Waals surface area contributed by atoms with E-state index in [4.69, 9.17) is 9.84 Å². The van der Waals surface area contributed by atoms with Crippen LogP contribution in [0.4, 0.5) is 11.4 Å². The molecule has 0 saturated heterocycles. The number of aromatic carboxylic acids is 1. The molecule has 2 aromatic carbocycles. The predicted molar refractivity (Wildman–Crippen MR) is 113 cm³/mol. The highest BCUT2D eigenvalue weighted by molar-refractivity contribution is 6.10. The molecule has 10 nitrogen and oxygen atoms in total. The maximum absolute atomic E-state index is 12.4. The molecule has 0 atom stereocenters. The van der Waals surface area contributed by atoms with Crippen molar-refractivity contribution < 1.29 is 24.4 Å². The van der Waals surface area contributed by atoms with Crippen molar-refractivity contribution in [2.45, 2.75) is 0 Å². The molecule has 0 aliphatic rings. The van der Waals surface area contributed by atoms with E-state index in [0.29, 0.717) is 11.3 Å². The van der Waals surface area contributed by atoms with Crippen molar-refractivity contribution in [3.63, 3.8) is 0 Å². The van der Waals surface area contributed by atoms with Crippen LogP contribution in [0.25, 0.3) is 6.08 Å². The van der Waals surface area contributed by atoms with Crippen LogP contribution in [0.5, 0.6) is 11.6 Å². The lowest BCUT2D eigenvalue weighted by molar-refractivity contribution is -0.385. The molecule has 0 bridgehead atoms. The molecule has 3 rings (SSSR count). The van der Waals surface area contributed by atoms with Gasteiger partial charge in [0, 0.05) is 17.8 Å². The molecule has 10 heteroatoms. The van der Waals surface area contributed by atoms with Crippen LogP contribution < -0.4 is 10.1 Å². The number of nitrogens with one attached hydrogen (secondary N) is 1. The van der Waals surface area contributed by atoms with E-state index in [1.807, 2.05) is 6.07 Å². The standard InChI is InChI=1S/C22H14N4O6/c23-12-16(21(27)25-17-3-1-2-15(11-17)22(28)29)10-14-4-7-19(8-5-14)32-20-9-6-18(13-24-20)26(30)31/h1-11,13H,(H,25,27)(H,28,29)/b16-10-. The number of carboxylic acids is 1. The third-order valence-corrected chi connectivity index (χ3v) is 4.08. The summed E-state index contributed by atoms with van der Waals surface area (Å²) >= 11 is 0. The molecule has 0 unspecified atom stereocenters. The number of nitriles is 1. The van der Waals surface area contributed by atoms with Gasteiger partial charge in [0.25, 0.3) is 11.6 Å². The minimum absolute atomic E-state index is 0.00314. The average molecular weight is 430 g/mol. The second-order valence-electron chi connectivity index (χ2n) is 6.29. The molecule has 1 aromatic heterocycles. The van der Waals surface area contributed by atoms with Crippen LogP contribution in [-0.4, -0.2) is 26.9 Å². The first-order chi connectivity index (χ1) is 15.4. The second-order valence-corrected chi connectivity index (χ2v) is 6.29. The third-order valence-electron chi connectivity index (χ3n) is 4.08. The molecule has 0 spiro atoms.